The molecule has 5 heteroatoms. The topological polar surface area (TPSA) is 59.0 Å². The van der Waals surface area contributed by atoms with Crippen LogP contribution in [0.1, 0.15) is 12.0 Å². The number of hydrogen-bond donors (Lipinski definition) is 1. The third kappa shape index (κ3) is 3.49. The molecule has 0 spiro atoms. The number of carbonyl (C=O) groups is 1. The normalized spacial score (nSPS) is 18.0. The molecule has 5 nitrogen and oxygen atoms in total. The summed E-state index contributed by atoms with van der Waals surface area (Å²) < 4.78 is 10.6. The van der Waals surface area contributed by atoms with E-state index in [0.29, 0.717) is 26.3 Å². The number of nitrogens with zero attached hydrogens (tertiary/aromatic N) is 1. The van der Waals surface area contributed by atoms with Crippen LogP contribution in [0.3, 0.4) is 0 Å². The summed E-state index contributed by atoms with van der Waals surface area (Å²) in [5, 5.41) is 9.18. The van der Waals surface area contributed by atoms with Crippen molar-refractivity contribution in [1.29, 1.82) is 0 Å². The van der Waals surface area contributed by atoms with E-state index in [4.69, 9.17) is 9.47 Å². The van der Waals surface area contributed by atoms with Gasteiger partial charge in [-0.2, -0.15) is 0 Å². The lowest BCUT2D eigenvalue weighted by Gasteiger charge is -2.25. The zero-order chi connectivity index (χ0) is 14.4. The van der Waals surface area contributed by atoms with Crippen molar-refractivity contribution in [2.45, 2.75) is 13.0 Å². The van der Waals surface area contributed by atoms with Gasteiger partial charge in [0.25, 0.3) is 0 Å². The Morgan fingerprint density at radius 3 is 2.95 bits per heavy atom. The highest BCUT2D eigenvalue weighted by Crippen LogP contribution is 2.22. The highest BCUT2D eigenvalue weighted by Gasteiger charge is 2.28. The van der Waals surface area contributed by atoms with Gasteiger partial charge in [-0.05, 0) is 12.5 Å². The first kappa shape index (κ1) is 14.8. The van der Waals surface area contributed by atoms with Gasteiger partial charge in [-0.3, -0.25) is 4.79 Å². The minimum Gasteiger partial charge on any atom is -0.496 e. The Kier molecular flexibility index (Phi) is 5.38. The number of ether oxygens (including phenoxy) is 2. The van der Waals surface area contributed by atoms with Crippen LogP contribution in [0.5, 0.6) is 5.75 Å². The van der Waals surface area contributed by atoms with Crippen LogP contribution in [0.15, 0.2) is 24.3 Å². The van der Waals surface area contributed by atoms with Gasteiger partial charge in [0.15, 0.2) is 0 Å². The molecule has 20 heavy (non-hydrogen) atoms. The molecule has 1 aliphatic rings. The monoisotopic (exact) mass is 279 g/mol. The average Bonchev–Trinajstić information content (AvgIpc) is 3.01. The van der Waals surface area contributed by atoms with E-state index in [-0.39, 0.29) is 18.4 Å². The number of aliphatic hydroxyl groups excluding tert-OH is 1. The summed E-state index contributed by atoms with van der Waals surface area (Å²) in [6.07, 6.45) is 0.757. The van der Waals surface area contributed by atoms with Crippen LogP contribution in [0.25, 0.3) is 0 Å². The Balaban J connectivity index is 2.10. The molecule has 1 N–H and O–H groups in total. The number of aliphatic hydroxyl groups is 1. The fourth-order valence-electron chi connectivity index (χ4n) is 2.41. The summed E-state index contributed by atoms with van der Waals surface area (Å²) in [5.41, 5.74) is 0.940. The largest absolute Gasteiger partial charge is 0.496 e. The van der Waals surface area contributed by atoms with Crippen molar-refractivity contribution in [1.82, 2.24) is 4.90 Å². The predicted octanol–water partition coefficient (Wildman–Crippen LogP) is 1.05. The molecule has 0 saturated carbocycles. The van der Waals surface area contributed by atoms with E-state index in [9.17, 15) is 9.90 Å². The van der Waals surface area contributed by atoms with E-state index < -0.39 is 0 Å². The molecule has 1 heterocycles. The third-order valence-electron chi connectivity index (χ3n) is 3.51. The zero-order valence-electron chi connectivity index (χ0n) is 11.7. The Morgan fingerprint density at radius 2 is 2.30 bits per heavy atom. The average molecular weight is 279 g/mol. The molecule has 1 unspecified atom stereocenters. The molecule has 0 aromatic heterocycles. The van der Waals surface area contributed by atoms with Crippen LogP contribution in [-0.4, -0.2) is 49.4 Å². The summed E-state index contributed by atoms with van der Waals surface area (Å²) in [6, 6.07) is 7.61. The molecule has 0 radical (unpaired) electrons. The lowest BCUT2D eigenvalue weighted by molar-refractivity contribution is -0.136. The molecular formula is C15H21NO4. The number of carbonyl (C=O) groups excluding carboxylic acids is 1. The molecule has 110 valence electrons. The van der Waals surface area contributed by atoms with Crippen LogP contribution >= 0.6 is 0 Å². The Bertz CT molecular complexity index is 443. The molecule has 1 atom stereocenters. The first-order valence-electron chi connectivity index (χ1n) is 6.85. The van der Waals surface area contributed by atoms with E-state index in [2.05, 4.69) is 0 Å². The van der Waals surface area contributed by atoms with Crippen molar-refractivity contribution in [2.75, 3.05) is 33.5 Å². The van der Waals surface area contributed by atoms with Gasteiger partial charge < -0.3 is 19.5 Å². The van der Waals surface area contributed by atoms with E-state index in [0.717, 1.165) is 17.7 Å². The fourth-order valence-corrected chi connectivity index (χ4v) is 2.41. The third-order valence-corrected chi connectivity index (χ3v) is 3.51. The van der Waals surface area contributed by atoms with Gasteiger partial charge >= 0.3 is 0 Å². The quantitative estimate of drug-likeness (QED) is 0.845. The lowest BCUT2D eigenvalue weighted by atomic mass is 10.1. The number of methoxy groups -OCH3 is 1. The number of amides is 1. The van der Waals surface area contributed by atoms with Gasteiger partial charge in [-0.25, -0.2) is 0 Å². The second-order valence-corrected chi connectivity index (χ2v) is 4.86. The molecule has 1 amide bonds. The number of hydrogen-bond acceptors (Lipinski definition) is 4. The fraction of sp³-hybridized carbons (Fsp3) is 0.533. The van der Waals surface area contributed by atoms with Gasteiger partial charge in [-0.1, -0.05) is 18.2 Å². The van der Waals surface area contributed by atoms with Crippen molar-refractivity contribution < 1.29 is 19.4 Å². The van der Waals surface area contributed by atoms with Gasteiger partial charge in [0.05, 0.1) is 26.2 Å². The molecule has 1 aromatic rings. The van der Waals surface area contributed by atoms with Crippen LogP contribution in [0.2, 0.25) is 0 Å². The Hall–Kier alpha value is -1.59. The van der Waals surface area contributed by atoms with Crippen LogP contribution < -0.4 is 4.74 Å². The molecule has 1 aromatic carbocycles. The number of para-hydroxylation sites is 1. The van der Waals surface area contributed by atoms with Gasteiger partial charge in [0, 0.05) is 25.3 Å². The van der Waals surface area contributed by atoms with E-state index in [1.165, 1.54) is 0 Å². The molecule has 2 rings (SSSR count). The first-order chi connectivity index (χ1) is 9.76. The molecule has 1 aliphatic heterocycles. The smallest absolute Gasteiger partial charge is 0.228 e. The highest BCUT2D eigenvalue weighted by molar-refractivity contribution is 5.79. The van der Waals surface area contributed by atoms with Gasteiger partial charge in [0.1, 0.15) is 5.75 Å². The minimum atomic E-state index is -0.0868. The lowest BCUT2D eigenvalue weighted by Crippen LogP contribution is -2.38. The summed E-state index contributed by atoms with van der Waals surface area (Å²) in [4.78, 5) is 14.1. The SMILES string of the molecule is COc1ccccc1CN(CCO)C(=O)C1CCOC1. The van der Waals surface area contributed by atoms with Gasteiger partial charge in [0.2, 0.25) is 5.91 Å². The predicted molar refractivity (Wildman–Crippen MR) is 74.4 cm³/mol. The number of benzene rings is 1. The van der Waals surface area contributed by atoms with Crippen LogP contribution in [-0.2, 0) is 16.1 Å². The van der Waals surface area contributed by atoms with Crippen molar-refractivity contribution in [2.24, 2.45) is 5.92 Å². The maximum Gasteiger partial charge on any atom is 0.228 e. The second kappa shape index (κ2) is 7.26. The van der Waals surface area contributed by atoms with E-state index in [1.807, 2.05) is 24.3 Å². The summed E-state index contributed by atoms with van der Waals surface area (Å²) >= 11 is 0. The standard InChI is InChI=1S/C15H21NO4/c1-19-14-5-3-2-4-12(14)10-16(7-8-17)15(18)13-6-9-20-11-13/h2-5,13,17H,6-11H2,1H3. The van der Waals surface area contributed by atoms with Crippen molar-refractivity contribution in [3.63, 3.8) is 0 Å². The van der Waals surface area contributed by atoms with Crippen LogP contribution in [0.4, 0.5) is 0 Å². The maximum absolute atomic E-state index is 12.4. The minimum absolute atomic E-state index is 0.0439. The molecule has 1 fully saturated rings. The second-order valence-electron chi connectivity index (χ2n) is 4.86. The molecule has 0 bridgehead atoms. The first-order valence-corrected chi connectivity index (χ1v) is 6.85. The zero-order valence-corrected chi connectivity index (χ0v) is 11.7. The molecular weight excluding hydrogens is 258 g/mol. The van der Waals surface area contributed by atoms with E-state index in [1.54, 1.807) is 12.0 Å². The summed E-state index contributed by atoms with van der Waals surface area (Å²) in [5.74, 6) is 0.713. The Morgan fingerprint density at radius 1 is 1.50 bits per heavy atom. The molecule has 1 saturated heterocycles. The van der Waals surface area contributed by atoms with Crippen molar-refractivity contribution in [3.8, 4) is 5.75 Å². The highest BCUT2D eigenvalue weighted by atomic mass is 16.5. The van der Waals surface area contributed by atoms with Gasteiger partial charge in [-0.15, -0.1) is 0 Å². The molecule has 0 aliphatic carbocycles. The number of rotatable bonds is 6. The maximum atomic E-state index is 12.4. The van der Waals surface area contributed by atoms with E-state index >= 15 is 0 Å². The van der Waals surface area contributed by atoms with Crippen molar-refractivity contribution >= 4 is 5.91 Å². The summed E-state index contributed by atoms with van der Waals surface area (Å²) in [7, 11) is 1.61. The summed E-state index contributed by atoms with van der Waals surface area (Å²) in [6.45, 7) is 1.84. The van der Waals surface area contributed by atoms with Crippen LogP contribution in [0, 0.1) is 5.92 Å². The Labute approximate surface area is 119 Å². The van der Waals surface area contributed by atoms with Crippen molar-refractivity contribution in [3.05, 3.63) is 29.8 Å².